The number of carbonyl (C=O) groups excluding carboxylic acids is 1. The number of nitrogens with zero attached hydrogens (tertiary/aromatic N) is 1. The maximum atomic E-state index is 12.3. The molecule has 124 valence electrons. The quantitative estimate of drug-likeness (QED) is 0.665. The second-order valence-corrected chi connectivity index (χ2v) is 6.57. The molecule has 0 amide bonds. The summed E-state index contributed by atoms with van der Waals surface area (Å²) in [5.74, 6) is 0.716. The molecule has 0 saturated carbocycles. The van der Waals surface area contributed by atoms with Gasteiger partial charge in [0.15, 0.2) is 0 Å². The molecular weight excluding hydrogens is 264 g/mol. The van der Waals surface area contributed by atoms with Crippen molar-refractivity contribution in [3.05, 3.63) is 0 Å². The van der Waals surface area contributed by atoms with Gasteiger partial charge in [-0.2, -0.15) is 0 Å². The summed E-state index contributed by atoms with van der Waals surface area (Å²) >= 11 is 0. The molecule has 0 aromatic heterocycles. The molecule has 1 saturated heterocycles. The number of ether oxygens (including phenoxy) is 1. The van der Waals surface area contributed by atoms with E-state index in [0.717, 1.165) is 25.4 Å². The van der Waals surface area contributed by atoms with E-state index in [4.69, 9.17) is 4.74 Å². The zero-order valence-electron chi connectivity index (χ0n) is 14.6. The normalized spacial score (nSPS) is 23.8. The van der Waals surface area contributed by atoms with E-state index in [-0.39, 0.29) is 5.97 Å². The Hall–Kier alpha value is -0.610. The summed E-state index contributed by atoms with van der Waals surface area (Å²) in [6.07, 6.45) is 4.70. The van der Waals surface area contributed by atoms with E-state index in [9.17, 15) is 4.79 Å². The van der Waals surface area contributed by atoms with Crippen molar-refractivity contribution in [3.63, 3.8) is 0 Å². The molecule has 0 bridgehead atoms. The highest BCUT2D eigenvalue weighted by molar-refractivity contribution is 5.80. The van der Waals surface area contributed by atoms with E-state index in [1.807, 2.05) is 20.8 Å². The van der Waals surface area contributed by atoms with Crippen LogP contribution in [0.3, 0.4) is 0 Å². The zero-order chi connectivity index (χ0) is 15.9. The monoisotopic (exact) mass is 298 g/mol. The minimum atomic E-state index is -0.576. The number of hydrogen-bond acceptors (Lipinski definition) is 4. The lowest BCUT2D eigenvalue weighted by Gasteiger charge is -2.34. The van der Waals surface area contributed by atoms with E-state index < -0.39 is 5.54 Å². The van der Waals surface area contributed by atoms with Crippen molar-refractivity contribution in [1.29, 1.82) is 0 Å². The molecule has 0 spiro atoms. The SMILES string of the molecule is CCCC1CCN(C(C)CC(C)(NCC)C(=O)OCC)C1. The molecule has 1 rings (SSSR count). The van der Waals surface area contributed by atoms with Gasteiger partial charge in [0.1, 0.15) is 5.54 Å². The Morgan fingerprint density at radius 2 is 2.14 bits per heavy atom. The third kappa shape index (κ3) is 5.26. The Bertz CT molecular complexity index is 322. The Labute approximate surface area is 130 Å². The maximum absolute atomic E-state index is 12.3. The standard InChI is InChI=1S/C17H34N2O2/c1-6-9-15-10-11-19(13-15)14(4)12-17(5,18-7-2)16(20)21-8-3/h14-15,18H,6-13H2,1-5H3. The molecule has 4 heteroatoms. The fourth-order valence-corrected chi connectivity index (χ4v) is 3.53. The molecule has 21 heavy (non-hydrogen) atoms. The van der Waals surface area contributed by atoms with Gasteiger partial charge >= 0.3 is 5.97 Å². The summed E-state index contributed by atoms with van der Waals surface area (Å²) in [5, 5.41) is 3.33. The van der Waals surface area contributed by atoms with Crippen LogP contribution >= 0.6 is 0 Å². The van der Waals surface area contributed by atoms with Gasteiger partial charge in [-0.05, 0) is 59.0 Å². The topological polar surface area (TPSA) is 41.6 Å². The Kier molecular flexibility index (Phi) is 7.67. The first-order valence-corrected chi connectivity index (χ1v) is 8.63. The van der Waals surface area contributed by atoms with Gasteiger partial charge in [0.05, 0.1) is 6.61 Å². The lowest BCUT2D eigenvalue weighted by Crippen LogP contribution is -2.54. The van der Waals surface area contributed by atoms with Gasteiger partial charge in [-0.3, -0.25) is 4.79 Å². The molecule has 3 unspecified atom stereocenters. The van der Waals surface area contributed by atoms with E-state index in [1.54, 1.807) is 0 Å². The highest BCUT2D eigenvalue weighted by Gasteiger charge is 2.37. The molecule has 1 heterocycles. The number of esters is 1. The lowest BCUT2D eigenvalue weighted by atomic mass is 9.92. The first-order valence-electron chi connectivity index (χ1n) is 8.63. The van der Waals surface area contributed by atoms with Crippen molar-refractivity contribution in [2.24, 2.45) is 5.92 Å². The van der Waals surface area contributed by atoms with E-state index in [1.165, 1.54) is 25.8 Å². The fourth-order valence-electron chi connectivity index (χ4n) is 3.53. The van der Waals surface area contributed by atoms with E-state index in [0.29, 0.717) is 12.6 Å². The van der Waals surface area contributed by atoms with Crippen LogP contribution in [-0.2, 0) is 9.53 Å². The van der Waals surface area contributed by atoms with Crippen molar-refractivity contribution < 1.29 is 9.53 Å². The summed E-state index contributed by atoms with van der Waals surface area (Å²) < 4.78 is 5.26. The number of rotatable bonds is 9. The second-order valence-electron chi connectivity index (χ2n) is 6.57. The van der Waals surface area contributed by atoms with Crippen LogP contribution in [-0.4, -0.2) is 48.7 Å². The average Bonchev–Trinajstić information content (AvgIpc) is 2.88. The number of hydrogen-bond donors (Lipinski definition) is 1. The molecule has 1 aliphatic rings. The first-order chi connectivity index (χ1) is 9.96. The zero-order valence-corrected chi connectivity index (χ0v) is 14.6. The van der Waals surface area contributed by atoms with Crippen LogP contribution in [0.5, 0.6) is 0 Å². The molecule has 0 radical (unpaired) electrons. The van der Waals surface area contributed by atoms with Gasteiger partial charge in [0.25, 0.3) is 0 Å². The van der Waals surface area contributed by atoms with Crippen LogP contribution in [0.4, 0.5) is 0 Å². The number of likely N-dealkylation sites (tertiary alicyclic amines) is 1. The van der Waals surface area contributed by atoms with Crippen molar-refractivity contribution >= 4 is 5.97 Å². The van der Waals surface area contributed by atoms with E-state index >= 15 is 0 Å². The maximum Gasteiger partial charge on any atom is 0.326 e. The third-order valence-electron chi connectivity index (χ3n) is 4.63. The summed E-state index contributed by atoms with van der Waals surface area (Å²) in [4.78, 5) is 14.8. The fraction of sp³-hybridized carbons (Fsp3) is 0.941. The van der Waals surface area contributed by atoms with Gasteiger partial charge in [-0.25, -0.2) is 0 Å². The van der Waals surface area contributed by atoms with Crippen LogP contribution in [0.1, 0.15) is 60.3 Å². The molecule has 1 fully saturated rings. The van der Waals surface area contributed by atoms with Crippen LogP contribution in [0.2, 0.25) is 0 Å². The number of likely N-dealkylation sites (N-methyl/N-ethyl adjacent to an activating group) is 1. The average molecular weight is 298 g/mol. The summed E-state index contributed by atoms with van der Waals surface area (Å²) in [5.41, 5.74) is -0.576. The first kappa shape index (κ1) is 18.4. The second kappa shape index (κ2) is 8.74. The van der Waals surface area contributed by atoms with Crippen molar-refractivity contribution in [3.8, 4) is 0 Å². The largest absolute Gasteiger partial charge is 0.465 e. The van der Waals surface area contributed by atoms with Gasteiger partial charge in [-0.15, -0.1) is 0 Å². The summed E-state index contributed by atoms with van der Waals surface area (Å²) in [6.45, 7) is 13.9. The summed E-state index contributed by atoms with van der Waals surface area (Å²) in [7, 11) is 0. The Morgan fingerprint density at radius 1 is 1.43 bits per heavy atom. The van der Waals surface area contributed by atoms with Gasteiger partial charge in [0.2, 0.25) is 0 Å². The molecule has 1 aliphatic heterocycles. The van der Waals surface area contributed by atoms with Crippen LogP contribution in [0, 0.1) is 5.92 Å². The molecule has 0 aliphatic carbocycles. The highest BCUT2D eigenvalue weighted by atomic mass is 16.5. The predicted octanol–water partition coefficient (Wildman–Crippen LogP) is 2.82. The molecule has 4 nitrogen and oxygen atoms in total. The van der Waals surface area contributed by atoms with Gasteiger partial charge < -0.3 is 15.0 Å². The Balaban J connectivity index is 2.60. The number of nitrogens with one attached hydrogen (secondary N) is 1. The van der Waals surface area contributed by atoms with Crippen molar-refractivity contribution in [1.82, 2.24) is 10.2 Å². The Morgan fingerprint density at radius 3 is 2.71 bits per heavy atom. The minimum Gasteiger partial charge on any atom is -0.465 e. The predicted molar refractivity (Wildman–Crippen MR) is 87.4 cm³/mol. The summed E-state index contributed by atoms with van der Waals surface area (Å²) in [6, 6.07) is 0.403. The molecule has 3 atom stereocenters. The van der Waals surface area contributed by atoms with Crippen LogP contribution < -0.4 is 5.32 Å². The lowest BCUT2D eigenvalue weighted by molar-refractivity contribution is -0.151. The smallest absolute Gasteiger partial charge is 0.326 e. The highest BCUT2D eigenvalue weighted by Crippen LogP contribution is 2.26. The van der Waals surface area contributed by atoms with Crippen LogP contribution in [0.15, 0.2) is 0 Å². The number of carbonyl (C=O) groups is 1. The third-order valence-corrected chi connectivity index (χ3v) is 4.63. The van der Waals surface area contributed by atoms with Crippen LogP contribution in [0.25, 0.3) is 0 Å². The molecular formula is C17H34N2O2. The van der Waals surface area contributed by atoms with Crippen molar-refractivity contribution in [2.45, 2.75) is 71.9 Å². The molecule has 1 N–H and O–H groups in total. The molecule has 0 aromatic rings. The minimum absolute atomic E-state index is 0.122. The van der Waals surface area contributed by atoms with Gasteiger partial charge in [0, 0.05) is 12.6 Å². The van der Waals surface area contributed by atoms with Crippen molar-refractivity contribution in [2.75, 3.05) is 26.2 Å². The molecule has 0 aromatic carbocycles. The van der Waals surface area contributed by atoms with Gasteiger partial charge in [-0.1, -0.05) is 20.3 Å². The van der Waals surface area contributed by atoms with E-state index in [2.05, 4.69) is 24.1 Å².